The fourth-order valence-electron chi connectivity index (χ4n) is 1.29. The van der Waals surface area contributed by atoms with Gasteiger partial charge in [0.25, 0.3) is 5.91 Å². The smallest absolute Gasteiger partial charge is 0.257 e. The van der Waals surface area contributed by atoms with Crippen molar-refractivity contribution < 1.29 is 14.3 Å². The molecule has 0 bridgehead atoms. The van der Waals surface area contributed by atoms with E-state index in [-0.39, 0.29) is 18.4 Å². The Balaban J connectivity index is 2.69. The lowest BCUT2D eigenvalue weighted by atomic mass is 10.1. The van der Waals surface area contributed by atoms with E-state index in [1.807, 2.05) is 0 Å². The van der Waals surface area contributed by atoms with Crippen LogP contribution in [0.3, 0.4) is 0 Å². The van der Waals surface area contributed by atoms with Gasteiger partial charge in [0.1, 0.15) is 5.75 Å². The molecule has 0 saturated heterocycles. The van der Waals surface area contributed by atoms with Gasteiger partial charge in [-0.15, -0.1) is 0 Å². The zero-order chi connectivity index (χ0) is 15.2. The van der Waals surface area contributed by atoms with Crippen LogP contribution in [0.25, 0.3) is 0 Å². The van der Waals surface area contributed by atoms with Gasteiger partial charge in [0.15, 0.2) is 6.61 Å². The quantitative estimate of drug-likeness (QED) is 0.718. The highest BCUT2D eigenvalue weighted by molar-refractivity contribution is 5.97. The summed E-state index contributed by atoms with van der Waals surface area (Å²) in [7, 11) is 3.27. The molecule has 110 valence electrons. The molecule has 0 atom stereocenters. The number of hydrogen-bond donors (Lipinski definition) is 3. The van der Waals surface area contributed by atoms with Crippen molar-refractivity contribution in [3.63, 3.8) is 0 Å². The molecule has 6 heteroatoms. The minimum absolute atomic E-state index is 0.0596. The van der Waals surface area contributed by atoms with Gasteiger partial charge in [0, 0.05) is 18.8 Å². The molecule has 20 heavy (non-hydrogen) atoms. The lowest BCUT2D eigenvalue weighted by Gasteiger charge is -2.22. The summed E-state index contributed by atoms with van der Waals surface area (Å²) in [5.41, 5.74) is -0.0494. The van der Waals surface area contributed by atoms with Crippen molar-refractivity contribution in [1.29, 1.82) is 0 Å². The molecule has 0 spiro atoms. The number of anilines is 1. The first-order valence-electron chi connectivity index (χ1n) is 6.33. The van der Waals surface area contributed by atoms with Crippen LogP contribution in [0.5, 0.6) is 5.75 Å². The maximum Gasteiger partial charge on any atom is 0.257 e. The predicted molar refractivity (Wildman–Crippen MR) is 77.8 cm³/mol. The number of ether oxygens (including phenoxy) is 1. The van der Waals surface area contributed by atoms with Gasteiger partial charge in [-0.1, -0.05) is 6.07 Å². The van der Waals surface area contributed by atoms with Gasteiger partial charge in [0.05, 0.1) is 5.54 Å². The molecule has 0 aliphatic rings. The standard InChI is InChI=1S/C14H21N3O3/c1-14(2,16-4)13(19)17-10-6-5-7-11(8-10)20-9-12(18)15-3/h5-8,16H,9H2,1-4H3,(H,15,18)(H,17,19). The van der Waals surface area contributed by atoms with E-state index in [0.717, 1.165) is 0 Å². The third-order valence-corrected chi connectivity index (χ3v) is 2.93. The first-order valence-corrected chi connectivity index (χ1v) is 6.33. The fraction of sp³-hybridized carbons (Fsp3) is 0.429. The lowest BCUT2D eigenvalue weighted by Crippen LogP contribution is -2.47. The zero-order valence-corrected chi connectivity index (χ0v) is 12.2. The highest BCUT2D eigenvalue weighted by Crippen LogP contribution is 2.18. The van der Waals surface area contributed by atoms with Gasteiger partial charge in [-0.05, 0) is 33.0 Å². The SMILES string of the molecule is CNC(=O)COc1cccc(NC(=O)C(C)(C)NC)c1. The van der Waals surface area contributed by atoms with Crippen LogP contribution < -0.4 is 20.7 Å². The van der Waals surface area contributed by atoms with Gasteiger partial charge in [-0.2, -0.15) is 0 Å². The van der Waals surface area contributed by atoms with Gasteiger partial charge in [-0.3, -0.25) is 9.59 Å². The van der Waals surface area contributed by atoms with Crippen molar-refractivity contribution in [2.24, 2.45) is 0 Å². The summed E-state index contributed by atoms with van der Waals surface area (Å²) in [6, 6.07) is 6.91. The number of carbonyl (C=O) groups excluding carboxylic acids is 2. The van der Waals surface area contributed by atoms with Gasteiger partial charge in [0.2, 0.25) is 5.91 Å². The molecule has 3 N–H and O–H groups in total. The summed E-state index contributed by atoms with van der Waals surface area (Å²) in [6.07, 6.45) is 0. The van der Waals surface area contributed by atoms with Gasteiger partial charge >= 0.3 is 0 Å². The number of amides is 2. The Hall–Kier alpha value is -2.08. The summed E-state index contributed by atoms with van der Waals surface area (Å²) in [5.74, 6) is 0.160. The van der Waals surface area contributed by atoms with E-state index in [2.05, 4.69) is 16.0 Å². The second-order valence-corrected chi connectivity index (χ2v) is 4.82. The molecule has 1 aromatic carbocycles. The van der Waals surface area contributed by atoms with Gasteiger partial charge in [-0.25, -0.2) is 0 Å². The second-order valence-electron chi connectivity index (χ2n) is 4.82. The molecule has 0 radical (unpaired) electrons. The molecule has 0 aromatic heterocycles. The normalized spacial score (nSPS) is 10.8. The summed E-state index contributed by atoms with van der Waals surface area (Å²) in [5, 5.41) is 8.19. The van der Waals surface area contributed by atoms with Crippen LogP contribution in [-0.4, -0.2) is 38.1 Å². The minimum atomic E-state index is -0.668. The highest BCUT2D eigenvalue weighted by Gasteiger charge is 2.25. The fourth-order valence-corrected chi connectivity index (χ4v) is 1.29. The zero-order valence-electron chi connectivity index (χ0n) is 12.2. The maximum atomic E-state index is 12.0. The molecule has 0 aliphatic carbocycles. The lowest BCUT2D eigenvalue weighted by molar-refractivity contribution is -0.122. The van der Waals surface area contributed by atoms with Crippen molar-refractivity contribution in [1.82, 2.24) is 10.6 Å². The maximum absolute atomic E-state index is 12.0. The summed E-state index contributed by atoms with van der Waals surface area (Å²) in [6.45, 7) is 3.51. The molecule has 1 aromatic rings. The topological polar surface area (TPSA) is 79.5 Å². The largest absolute Gasteiger partial charge is 0.484 e. The molecule has 1 rings (SSSR count). The molecule has 0 heterocycles. The van der Waals surface area contributed by atoms with Crippen molar-refractivity contribution >= 4 is 17.5 Å². The van der Waals surface area contributed by atoms with Crippen molar-refractivity contribution in [3.05, 3.63) is 24.3 Å². The summed E-state index contributed by atoms with van der Waals surface area (Å²) >= 11 is 0. The Morgan fingerprint density at radius 3 is 2.55 bits per heavy atom. The molecule has 0 unspecified atom stereocenters. The number of nitrogens with one attached hydrogen (secondary N) is 3. The average molecular weight is 279 g/mol. The van der Waals surface area contributed by atoms with Crippen LogP contribution in [0.15, 0.2) is 24.3 Å². The Labute approximate surface area is 118 Å². The van der Waals surface area contributed by atoms with Crippen LogP contribution in [-0.2, 0) is 9.59 Å². The summed E-state index contributed by atoms with van der Waals surface area (Å²) < 4.78 is 5.31. The molecule has 0 aliphatic heterocycles. The predicted octanol–water partition coefficient (Wildman–Crippen LogP) is 0.748. The second kappa shape index (κ2) is 6.91. The van der Waals surface area contributed by atoms with Crippen molar-refractivity contribution in [3.8, 4) is 5.75 Å². The van der Waals surface area contributed by atoms with Crippen LogP contribution >= 0.6 is 0 Å². The molecular formula is C14H21N3O3. The first kappa shape index (κ1) is 16.0. The number of hydrogen-bond acceptors (Lipinski definition) is 4. The Morgan fingerprint density at radius 2 is 1.95 bits per heavy atom. The molecule has 6 nitrogen and oxygen atoms in total. The van der Waals surface area contributed by atoms with Crippen LogP contribution in [0.1, 0.15) is 13.8 Å². The molecule has 0 saturated carbocycles. The number of carbonyl (C=O) groups is 2. The Bertz CT molecular complexity index is 486. The highest BCUT2D eigenvalue weighted by atomic mass is 16.5. The molecule has 2 amide bonds. The third-order valence-electron chi connectivity index (χ3n) is 2.93. The van der Waals surface area contributed by atoms with E-state index in [9.17, 15) is 9.59 Å². The van der Waals surface area contributed by atoms with Crippen LogP contribution in [0.2, 0.25) is 0 Å². The van der Waals surface area contributed by atoms with E-state index in [4.69, 9.17) is 4.74 Å². The van der Waals surface area contributed by atoms with E-state index < -0.39 is 5.54 Å². The average Bonchev–Trinajstić information content (AvgIpc) is 2.45. The third kappa shape index (κ3) is 4.55. The Morgan fingerprint density at radius 1 is 1.25 bits per heavy atom. The van der Waals surface area contributed by atoms with E-state index in [1.165, 1.54) is 0 Å². The number of likely N-dealkylation sites (N-methyl/N-ethyl adjacent to an activating group) is 2. The minimum Gasteiger partial charge on any atom is -0.484 e. The Kier molecular flexibility index (Phi) is 5.52. The van der Waals surface area contributed by atoms with Crippen molar-refractivity contribution in [2.45, 2.75) is 19.4 Å². The van der Waals surface area contributed by atoms with E-state index in [1.54, 1.807) is 52.2 Å². The monoisotopic (exact) mass is 279 g/mol. The van der Waals surface area contributed by atoms with Gasteiger partial charge < -0.3 is 20.7 Å². The van der Waals surface area contributed by atoms with Crippen molar-refractivity contribution in [2.75, 3.05) is 26.0 Å². The van der Waals surface area contributed by atoms with Crippen LogP contribution in [0, 0.1) is 0 Å². The summed E-state index contributed by atoms with van der Waals surface area (Å²) in [4.78, 5) is 23.1. The van der Waals surface area contributed by atoms with Crippen LogP contribution in [0.4, 0.5) is 5.69 Å². The first-order chi connectivity index (χ1) is 9.39. The van der Waals surface area contributed by atoms with E-state index in [0.29, 0.717) is 11.4 Å². The van der Waals surface area contributed by atoms with E-state index >= 15 is 0 Å². The molecular weight excluding hydrogens is 258 g/mol. The number of benzene rings is 1. The number of rotatable bonds is 6. The molecule has 0 fully saturated rings.